The van der Waals surface area contributed by atoms with Gasteiger partial charge >= 0.3 is 0 Å². The Hall–Kier alpha value is -3.27. The van der Waals surface area contributed by atoms with Crippen LogP contribution in [0.3, 0.4) is 0 Å². The number of nitrogens with zero attached hydrogens (tertiary/aromatic N) is 2. The van der Waals surface area contributed by atoms with Crippen LogP contribution in [0.15, 0.2) is 76.9 Å². The van der Waals surface area contributed by atoms with E-state index in [-0.39, 0.29) is 5.91 Å². The molecule has 4 rings (SSSR count). The van der Waals surface area contributed by atoms with Gasteiger partial charge in [-0.15, -0.1) is 5.10 Å². The highest BCUT2D eigenvalue weighted by Gasteiger charge is 2.25. The minimum atomic E-state index is -0.220. The van der Waals surface area contributed by atoms with Gasteiger partial charge in [0.05, 0.1) is 11.9 Å². The lowest BCUT2D eigenvalue weighted by Crippen LogP contribution is -2.13. The van der Waals surface area contributed by atoms with Gasteiger partial charge in [-0.05, 0) is 28.5 Å². The maximum absolute atomic E-state index is 11.9. The number of carbonyl (C=O) groups is 1. The van der Waals surface area contributed by atoms with E-state index < -0.39 is 0 Å². The van der Waals surface area contributed by atoms with E-state index in [1.54, 1.807) is 6.21 Å². The third kappa shape index (κ3) is 2.51. The van der Waals surface area contributed by atoms with Crippen molar-refractivity contribution < 1.29 is 4.79 Å². The Labute approximate surface area is 133 Å². The molecule has 1 aliphatic heterocycles. The van der Waals surface area contributed by atoms with E-state index in [0.717, 1.165) is 22.2 Å². The molecule has 1 aliphatic rings. The fourth-order valence-corrected chi connectivity index (χ4v) is 2.64. The van der Waals surface area contributed by atoms with E-state index in [0.29, 0.717) is 5.71 Å². The molecule has 110 valence electrons. The molecule has 0 bridgehead atoms. The molecule has 23 heavy (non-hydrogen) atoms. The van der Waals surface area contributed by atoms with Gasteiger partial charge in [0.25, 0.3) is 5.91 Å². The molecule has 3 aromatic rings. The molecule has 1 heterocycles. The SMILES string of the molecule is O=C1Nc2ccccc2/C1=N/N=C/c1ccc2ccccc2c1. The van der Waals surface area contributed by atoms with Gasteiger partial charge in [0.1, 0.15) is 0 Å². The summed E-state index contributed by atoms with van der Waals surface area (Å²) in [6.07, 6.45) is 1.66. The maximum Gasteiger partial charge on any atom is 0.276 e. The first kappa shape index (κ1) is 13.4. The largest absolute Gasteiger partial charge is 0.320 e. The first-order valence-electron chi connectivity index (χ1n) is 7.32. The van der Waals surface area contributed by atoms with Crippen LogP contribution >= 0.6 is 0 Å². The summed E-state index contributed by atoms with van der Waals surface area (Å²) in [4.78, 5) is 11.9. The van der Waals surface area contributed by atoms with Gasteiger partial charge in [-0.25, -0.2) is 0 Å². The van der Waals surface area contributed by atoms with Crippen molar-refractivity contribution in [1.29, 1.82) is 0 Å². The second-order valence-electron chi connectivity index (χ2n) is 5.30. The fourth-order valence-electron chi connectivity index (χ4n) is 2.64. The predicted octanol–water partition coefficient (Wildman–Crippen LogP) is 3.62. The van der Waals surface area contributed by atoms with Crippen molar-refractivity contribution >= 4 is 34.3 Å². The van der Waals surface area contributed by atoms with Gasteiger partial charge in [-0.2, -0.15) is 5.10 Å². The van der Waals surface area contributed by atoms with Crippen LogP contribution in [0.4, 0.5) is 5.69 Å². The summed E-state index contributed by atoms with van der Waals surface area (Å²) in [6.45, 7) is 0. The van der Waals surface area contributed by atoms with Crippen molar-refractivity contribution in [2.45, 2.75) is 0 Å². The lowest BCUT2D eigenvalue weighted by atomic mass is 10.1. The van der Waals surface area contributed by atoms with Crippen molar-refractivity contribution in [3.8, 4) is 0 Å². The highest BCUT2D eigenvalue weighted by Crippen LogP contribution is 2.22. The summed E-state index contributed by atoms with van der Waals surface area (Å²) < 4.78 is 0. The molecule has 4 nitrogen and oxygen atoms in total. The highest BCUT2D eigenvalue weighted by atomic mass is 16.2. The molecule has 0 saturated heterocycles. The monoisotopic (exact) mass is 299 g/mol. The standard InChI is InChI=1S/C19H13N3O/c23-19-18(16-7-3-4-8-17(16)21-19)22-20-12-13-9-10-14-5-1-2-6-15(14)11-13/h1-12H,(H,21,22,23)/b20-12+. The first-order chi connectivity index (χ1) is 11.3. The smallest absolute Gasteiger partial charge is 0.276 e. The predicted molar refractivity (Wildman–Crippen MR) is 93.2 cm³/mol. The zero-order valence-electron chi connectivity index (χ0n) is 12.2. The lowest BCUT2D eigenvalue weighted by molar-refractivity contribution is -0.110. The molecule has 0 saturated carbocycles. The Morgan fingerprint density at radius 3 is 2.57 bits per heavy atom. The van der Waals surface area contributed by atoms with Crippen LogP contribution in [-0.2, 0) is 4.79 Å². The van der Waals surface area contributed by atoms with Crippen LogP contribution in [-0.4, -0.2) is 17.8 Å². The summed E-state index contributed by atoms with van der Waals surface area (Å²) >= 11 is 0. The zero-order chi connectivity index (χ0) is 15.6. The van der Waals surface area contributed by atoms with Gasteiger partial charge in [-0.3, -0.25) is 4.79 Å². The quantitative estimate of drug-likeness (QED) is 0.570. The number of benzene rings is 3. The van der Waals surface area contributed by atoms with E-state index in [1.807, 2.05) is 54.6 Å². The second-order valence-corrected chi connectivity index (χ2v) is 5.30. The van der Waals surface area contributed by atoms with E-state index in [9.17, 15) is 4.79 Å². The van der Waals surface area contributed by atoms with Crippen molar-refractivity contribution in [3.05, 3.63) is 77.9 Å². The summed E-state index contributed by atoms with van der Waals surface area (Å²) in [5.41, 5.74) is 2.85. The highest BCUT2D eigenvalue weighted by molar-refractivity contribution is 6.53. The molecule has 0 unspecified atom stereocenters. The van der Waals surface area contributed by atoms with Crippen LogP contribution in [0.2, 0.25) is 0 Å². The molecule has 0 radical (unpaired) electrons. The van der Waals surface area contributed by atoms with Crippen molar-refractivity contribution in [3.63, 3.8) is 0 Å². The summed E-state index contributed by atoms with van der Waals surface area (Å²) in [6, 6.07) is 21.7. The van der Waals surface area contributed by atoms with E-state index >= 15 is 0 Å². The van der Waals surface area contributed by atoms with Crippen LogP contribution in [0.5, 0.6) is 0 Å². The Kier molecular flexibility index (Phi) is 3.20. The maximum atomic E-state index is 11.9. The number of hydrogen-bond donors (Lipinski definition) is 1. The molecule has 0 spiro atoms. The van der Waals surface area contributed by atoms with Crippen molar-refractivity contribution in [1.82, 2.24) is 0 Å². The topological polar surface area (TPSA) is 53.8 Å². The van der Waals surface area contributed by atoms with Crippen LogP contribution in [0, 0.1) is 0 Å². The van der Waals surface area contributed by atoms with E-state index in [4.69, 9.17) is 0 Å². The number of nitrogens with one attached hydrogen (secondary N) is 1. The molecule has 1 N–H and O–H groups in total. The molecule has 0 aromatic heterocycles. The Morgan fingerprint density at radius 2 is 1.65 bits per heavy atom. The van der Waals surface area contributed by atoms with Gasteiger partial charge in [0, 0.05) is 5.56 Å². The van der Waals surface area contributed by atoms with Crippen LogP contribution < -0.4 is 5.32 Å². The van der Waals surface area contributed by atoms with Gasteiger partial charge in [0.2, 0.25) is 0 Å². The molecular formula is C19H13N3O. The molecular weight excluding hydrogens is 286 g/mol. The molecule has 0 atom stereocenters. The third-order valence-electron chi connectivity index (χ3n) is 3.78. The second kappa shape index (κ2) is 5.50. The van der Waals surface area contributed by atoms with Gasteiger partial charge < -0.3 is 5.32 Å². The van der Waals surface area contributed by atoms with Crippen molar-refractivity contribution in [2.75, 3.05) is 5.32 Å². The number of rotatable bonds is 2. The van der Waals surface area contributed by atoms with Gasteiger partial charge in [-0.1, -0.05) is 54.6 Å². The average molecular weight is 299 g/mol. The molecule has 0 aliphatic carbocycles. The number of amides is 1. The summed E-state index contributed by atoms with van der Waals surface area (Å²) in [5, 5.41) is 13.3. The number of fused-ring (bicyclic) bond motifs is 2. The molecule has 4 heteroatoms. The number of anilines is 1. The van der Waals surface area contributed by atoms with Crippen LogP contribution in [0.1, 0.15) is 11.1 Å². The summed E-state index contributed by atoms with van der Waals surface area (Å²) in [5.74, 6) is -0.220. The Morgan fingerprint density at radius 1 is 0.870 bits per heavy atom. The zero-order valence-corrected chi connectivity index (χ0v) is 12.2. The number of para-hydroxylation sites is 1. The first-order valence-corrected chi connectivity index (χ1v) is 7.32. The fraction of sp³-hybridized carbons (Fsp3) is 0. The third-order valence-corrected chi connectivity index (χ3v) is 3.78. The lowest BCUT2D eigenvalue weighted by Gasteiger charge is -1.98. The minimum absolute atomic E-state index is 0.220. The van der Waals surface area contributed by atoms with Crippen LogP contribution in [0.25, 0.3) is 10.8 Å². The minimum Gasteiger partial charge on any atom is -0.320 e. The average Bonchev–Trinajstić information content (AvgIpc) is 2.90. The normalized spacial score (nSPS) is 15.3. The number of carbonyl (C=O) groups excluding carboxylic acids is 1. The molecule has 1 amide bonds. The summed E-state index contributed by atoms with van der Waals surface area (Å²) in [7, 11) is 0. The Bertz CT molecular complexity index is 973. The van der Waals surface area contributed by atoms with Gasteiger partial charge in [0.15, 0.2) is 5.71 Å². The molecule has 0 fully saturated rings. The Balaban J connectivity index is 1.64. The van der Waals surface area contributed by atoms with E-state index in [2.05, 4.69) is 27.7 Å². The van der Waals surface area contributed by atoms with Crippen molar-refractivity contribution in [2.24, 2.45) is 10.2 Å². The van der Waals surface area contributed by atoms with E-state index in [1.165, 1.54) is 5.39 Å². The molecule has 3 aromatic carbocycles. The number of hydrogen-bond acceptors (Lipinski definition) is 3.